The number of ether oxygens (including phenoxy) is 1. The molecule has 2 aromatic carbocycles. The molecule has 1 aliphatic carbocycles. The first-order chi connectivity index (χ1) is 16.7. The summed E-state index contributed by atoms with van der Waals surface area (Å²) in [5.41, 5.74) is 3.59. The maximum absolute atomic E-state index is 13.3. The Morgan fingerprint density at radius 3 is 2.20 bits per heavy atom. The number of hydrogen-bond donors (Lipinski definition) is 2. The van der Waals surface area contributed by atoms with E-state index in [1.165, 1.54) is 0 Å². The lowest BCUT2D eigenvalue weighted by Gasteiger charge is -2.26. The molecular weight excluding hydrogens is 444 g/mol. The molecule has 0 spiro atoms. The van der Waals surface area contributed by atoms with Crippen LogP contribution in [-0.2, 0) is 14.3 Å². The lowest BCUT2D eigenvalue weighted by molar-refractivity contribution is -0.147. The molecule has 1 aliphatic heterocycles. The average Bonchev–Trinajstić information content (AvgIpc) is 3.39. The number of nitrogens with one attached hydrogen (secondary N) is 1. The highest BCUT2D eigenvalue weighted by molar-refractivity contribution is 5.87. The van der Waals surface area contributed by atoms with E-state index in [4.69, 9.17) is 4.74 Å². The number of nitrogens with zero attached hydrogens (tertiary/aromatic N) is 1. The van der Waals surface area contributed by atoms with Crippen LogP contribution in [0.25, 0.3) is 11.1 Å². The minimum absolute atomic E-state index is 0.0622. The highest BCUT2D eigenvalue weighted by atomic mass is 16.5. The second-order valence-corrected chi connectivity index (χ2v) is 10.4. The van der Waals surface area contributed by atoms with Crippen molar-refractivity contribution in [2.45, 2.75) is 52.0 Å². The summed E-state index contributed by atoms with van der Waals surface area (Å²) in [6.07, 6.45) is 0.996. The van der Waals surface area contributed by atoms with Crippen LogP contribution in [0.5, 0.6) is 0 Å². The van der Waals surface area contributed by atoms with Gasteiger partial charge in [-0.1, -0.05) is 62.4 Å². The topological polar surface area (TPSA) is 95.9 Å². The Balaban J connectivity index is 1.42. The molecule has 7 nitrogen and oxygen atoms in total. The van der Waals surface area contributed by atoms with Gasteiger partial charge in [0, 0.05) is 19.0 Å². The summed E-state index contributed by atoms with van der Waals surface area (Å²) in [5, 5.41) is 12.3. The number of benzene rings is 2. The van der Waals surface area contributed by atoms with Crippen LogP contribution in [0.2, 0.25) is 0 Å². The summed E-state index contributed by atoms with van der Waals surface area (Å²) in [5.74, 6) is -0.856. The number of fused-ring (bicyclic) bond motifs is 3. The summed E-state index contributed by atoms with van der Waals surface area (Å²) in [7, 11) is 0. The second-order valence-electron chi connectivity index (χ2n) is 10.4. The molecule has 7 heteroatoms. The molecule has 186 valence electrons. The third kappa shape index (κ3) is 5.19. The Kier molecular flexibility index (Phi) is 7.15. The van der Waals surface area contributed by atoms with Gasteiger partial charge in [-0.05, 0) is 54.4 Å². The van der Waals surface area contributed by atoms with Gasteiger partial charge in [-0.15, -0.1) is 0 Å². The number of rotatable bonds is 8. The lowest BCUT2D eigenvalue weighted by Crippen LogP contribution is -2.49. The van der Waals surface area contributed by atoms with Crippen molar-refractivity contribution in [3.05, 3.63) is 59.7 Å². The molecule has 2 N–H and O–H groups in total. The molecule has 1 fully saturated rings. The van der Waals surface area contributed by atoms with Crippen LogP contribution in [-0.4, -0.2) is 53.7 Å². The largest absolute Gasteiger partial charge is 0.481 e. The highest BCUT2D eigenvalue weighted by Crippen LogP contribution is 2.44. The molecule has 0 aromatic heterocycles. The van der Waals surface area contributed by atoms with E-state index in [-0.39, 0.29) is 25.0 Å². The zero-order valence-electron chi connectivity index (χ0n) is 20.6. The quantitative estimate of drug-likeness (QED) is 0.576. The van der Waals surface area contributed by atoms with E-state index in [0.29, 0.717) is 25.3 Å². The van der Waals surface area contributed by atoms with Crippen molar-refractivity contribution < 1.29 is 24.2 Å². The van der Waals surface area contributed by atoms with Gasteiger partial charge in [-0.3, -0.25) is 9.59 Å². The number of aliphatic carboxylic acids is 1. The van der Waals surface area contributed by atoms with Crippen molar-refractivity contribution in [1.29, 1.82) is 0 Å². The predicted molar refractivity (Wildman–Crippen MR) is 133 cm³/mol. The minimum Gasteiger partial charge on any atom is -0.481 e. The van der Waals surface area contributed by atoms with Crippen LogP contribution in [0.15, 0.2) is 48.5 Å². The monoisotopic (exact) mass is 478 g/mol. The first kappa shape index (κ1) is 24.8. The Hall–Kier alpha value is -3.35. The number of alkyl carbamates (subject to hydrolysis) is 1. The molecular formula is C28H34N2O5. The summed E-state index contributed by atoms with van der Waals surface area (Å²) >= 11 is 0. The van der Waals surface area contributed by atoms with E-state index in [1.54, 1.807) is 11.8 Å². The predicted octanol–water partition coefficient (Wildman–Crippen LogP) is 4.65. The van der Waals surface area contributed by atoms with Gasteiger partial charge >= 0.3 is 12.1 Å². The van der Waals surface area contributed by atoms with Crippen molar-refractivity contribution in [2.24, 2.45) is 11.3 Å². The molecule has 0 saturated carbocycles. The van der Waals surface area contributed by atoms with Crippen LogP contribution < -0.4 is 5.32 Å². The summed E-state index contributed by atoms with van der Waals surface area (Å²) in [6, 6.07) is 15.5. The average molecular weight is 479 g/mol. The molecule has 1 heterocycles. The molecule has 0 bridgehead atoms. The lowest BCUT2D eigenvalue weighted by atomic mass is 9.90. The molecule has 2 unspecified atom stereocenters. The summed E-state index contributed by atoms with van der Waals surface area (Å²) in [4.78, 5) is 39.3. The second kappa shape index (κ2) is 10.1. The van der Waals surface area contributed by atoms with E-state index in [9.17, 15) is 19.5 Å². The van der Waals surface area contributed by atoms with Gasteiger partial charge in [-0.25, -0.2) is 4.79 Å². The molecule has 2 aliphatic rings. The summed E-state index contributed by atoms with van der Waals surface area (Å²) in [6.45, 7) is 6.47. The fourth-order valence-electron chi connectivity index (χ4n) is 5.08. The minimum atomic E-state index is -0.956. The Labute approximate surface area is 206 Å². The smallest absolute Gasteiger partial charge is 0.407 e. The fraction of sp³-hybridized carbons (Fsp3) is 0.464. The van der Waals surface area contributed by atoms with E-state index >= 15 is 0 Å². The van der Waals surface area contributed by atoms with Crippen molar-refractivity contribution in [3.63, 3.8) is 0 Å². The van der Waals surface area contributed by atoms with Crippen molar-refractivity contribution in [1.82, 2.24) is 10.2 Å². The van der Waals surface area contributed by atoms with Gasteiger partial charge in [0.2, 0.25) is 5.91 Å². The van der Waals surface area contributed by atoms with E-state index in [0.717, 1.165) is 28.7 Å². The van der Waals surface area contributed by atoms with Crippen molar-refractivity contribution in [2.75, 3.05) is 19.7 Å². The van der Waals surface area contributed by atoms with Crippen LogP contribution in [0.4, 0.5) is 4.79 Å². The normalized spacial score (nSPS) is 19.8. The maximum atomic E-state index is 13.3. The van der Waals surface area contributed by atoms with Gasteiger partial charge in [0.1, 0.15) is 12.6 Å². The van der Waals surface area contributed by atoms with Crippen LogP contribution >= 0.6 is 0 Å². The number of carbonyl (C=O) groups excluding carboxylic acids is 2. The molecule has 2 atom stereocenters. The van der Waals surface area contributed by atoms with Crippen LogP contribution in [0, 0.1) is 11.3 Å². The number of likely N-dealkylation sites (tertiary alicyclic amines) is 1. The number of carboxylic acid groups (broad SMARTS) is 1. The first-order valence-corrected chi connectivity index (χ1v) is 12.3. The number of amides is 2. The number of carbonyl (C=O) groups is 3. The van der Waals surface area contributed by atoms with E-state index < -0.39 is 23.5 Å². The molecule has 2 amide bonds. The molecule has 2 aromatic rings. The third-order valence-corrected chi connectivity index (χ3v) is 7.27. The van der Waals surface area contributed by atoms with Crippen LogP contribution in [0.3, 0.4) is 0 Å². The molecule has 0 radical (unpaired) electrons. The van der Waals surface area contributed by atoms with Gasteiger partial charge in [-0.2, -0.15) is 0 Å². The zero-order chi connectivity index (χ0) is 25.2. The standard InChI is InChI=1S/C28H34N2O5/c1-18(2)12-13-24(25(31)30-15-14-28(3,17-30)26(32)33)29-27(34)35-16-23-21-10-6-4-8-19(21)20-9-5-7-11-22(20)23/h4-11,18,23-24H,12-17H2,1-3H3,(H,29,34)(H,32,33). The third-order valence-electron chi connectivity index (χ3n) is 7.27. The first-order valence-electron chi connectivity index (χ1n) is 12.3. The Morgan fingerprint density at radius 1 is 1.06 bits per heavy atom. The summed E-state index contributed by atoms with van der Waals surface area (Å²) < 4.78 is 5.65. The Bertz CT molecular complexity index is 1070. The van der Waals surface area contributed by atoms with Gasteiger partial charge in [0.05, 0.1) is 5.41 Å². The number of carboxylic acids is 1. The van der Waals surface area contributed by atoms with Crippen molar-refractivity contribution in [3.8, 4) is 11.1 Å². The molecule has 4 rings (SSSR count). The maximum Gasteiger partial charge on any atom is 0.407 e. The van der Waals surface area contributed by atoms with Crippen molar-refractivity contribution >= 4 is 18.0 Å². The SMILES string of the molecule is CC(C)CCC(NC(=O)OCC1c2ccccc2-c2ccccc21)C(=O)N1CCC(C)(C(=O)O)C1. The number of hydrogen-bond acceptors (Lipinski definition) is 4. The van der Waals surface area contributed by atoms with E-state index in [2.05, 4.69) is 43.4 Å². The molecule has 1 saturated heterocycles. The zero-order valence-corrected chi connectivity index (χ0v) is 20.6. The Morgan fingerprint density at radius 2 is 1.66 bits per heavy atom. The van der Waals surface area contributed by atoms with Gasteiger partial charge < -0.3 is 20.1 Å². The van der Waals surface area contributed by atoms with Gasteiger partial charge in [0.15, 0.2) is 0 Å². The molecule has 35 heavy (non-hydrogen) atoms. The fourth-order valence-corrected chi connectivity index (χ4v) is 5.08. The van der Waals surface area contributed by atoms with Gasteiger partial charge in [0.25, 0.3) is 0 Å². The van der Waals surface area contributed by atoms with E-state index in [1.807, 2.05) is 24.3 Å². The highest BCUT2D eigenvalue weighted by Gasteiger charge is 2.43. The van der Waals surface area contributed by atoms with Crippen LogP contribution in [0.1, 0.15) is 57.1 Å².